The average molecular weight is 724 g/mol. The molecule has 0 spiro atoms. The second kappa shape index (κ2) is 9.34. The standard InChI is InChI=1S/2C8H3F13O/c2*1-2(9)7(18,22-2)5(14,15)3(10,11)4(12,13)6(16,17)8(19,20)21/h2*1H3. The van der Waals surface area contributed by atoms with E-state index in [9.17, 15) is 114 Å². The maximum Gasteiger partial charge on any atom is 0.460 e. The van der Waals surface area contributed by atoms with Crippen molar-refractivity contribution < 1.29 is 124 Å². The minimum atomic E-state index is -7.80. The number of halogens is 26. The van der Waals surface area contributed by atoms with Gasteiger partial charge in [0, 0.05) is 13.8 Å². The lowest BCUT2D eigenvalue weighted by Crippen LogP contribution is -2.69. The lowest BCUT2D eigenvalue weighted by molar-refractivity contribution is -0.432. The second-order valence-electron chi connectivity index (χ2n) is 8.82. The number of ether oxygens (including phenoxy) is 2. The van der Waals surface area contributed by atoms with Crippen LogP contribution in [-0.2, 0) is 9.47 Å². The Labute approximate surface area is 222 Å². The summed E-state index contributed by atoms with van der Waals surface area (Å²) >= 11 is 0. The molecular formula is C16H6F26O2. The van der Waals surface area contributed by atoms with Gasteiger partial charge in [-0.3, -0.25) is 9.47 Å². The fourth-order valence-corrected chi connectivity index (χ4v) is 2.71. The van der Waals surface area contributed by atoms with Crippen LogP contribution in [0.25, 0.3) is 0 Å². The summed E-state index contributed by atoms with van der Waals surface area (Å²) in [5.74, 6) is -79.9. The van der Waals surface area contributed by atoms with E-state index in [1.54, 1.807) is 0 Å². The van der Waals surface area contributed by atoms with E-state index in [0.717, 1.165) is 0 Å². The Kier molecular flexibility index (Phi) is 8.52. The van der Waals surface area contributed by atoms with Crippen LogP contribution in [0.5, 0.6) is 0 Å². The molecular weight excluding hydrogens is 718 g/mol. The van der Waals surface area contributed by atoms with E-state index in [1.807, 2.05) is 0 Å². The Hall–Kier alpha value is -1.90. The highest BCUT2D eigenvalue weighted by Gasteiger charge is 2.98. The lowest BCUT2D eigenvalue weighted by atomic mass is 9.93. The van der Waals surface area contributed by atoms with Crippen LogP contribution >= 0.6 is 0 Å². The minimum absolute atomic E-state index is 0.281. The van der Waals surface area contributed by atoms with Gasteiger partial charge in [-0.05, 0) is 0 Å². The first kappa shape index (κ1) is 40.1. The molecule has 0 bridgehead atoms. The molecule has 0 saturated carbocycles. The number of hydrogen-bond acceptors (Lipinski definition) is 2. The maximum atomic E-state index is 13.1. The van der Waals surface area contributed by atoms with Gasteiger partial charge in [0.1, 0.15) is 0 Å². The zero-order chi connectivity index (χ0) is 36.4. The molecule has 0 aliphatic carbocycles. The van der Waals surface area contributed by atoms with E-state index in [2.05, 4.69) is 9.47 Å². The summed E-state index contributed by atoms with van der Waals surface area (Å²) in [7, 11) is 0. The molecule has 4 unspecified atom stereocenters. The predicted octanol–water partition coefficient (Wildman–Crippen LogP) is 8.94. The van der Waals surface area contributed by atoms with Crippen molar-refractivity contribution in [2.75, 3.05) is 0 Å². The largest absolute Gasteiger partial charge is 0.460 e. The molecule has 4 atom stereocenters. The van der Waals surface area contributed by atoms with Crippen LogP contribution < -0.4 is 0 Å². The normalized spacial score (nSPS) is 31.4. The fraction of sp³-hybridized carbons (Fsp3) is 1.00. The van der Waals surface area contributed by atoms with Gasteiger partial charge in [0.05, 0.1) is 0 Å². The van der Waals surface area contributed by atoms with Crippen molar-refractivity contribution >= 4 is 0 Å². The third-order valence-corrected chi connectivity index (χ3v) is 5.62. The van der Waals surface area contributed by atoms with Crippen LogP contribution in [0, 0.1) is 0 Å². The summed E-state index contributed by atoms with van der Waals surface area (Å²) in [5, 5.41) is 0. The van der Waals surface area contributed by atoms with Crippen LogP contribution in [-0.4, -0.2) is 83.2 Å². The quantitative estimate of drug-likeness (QED) is 0.185. The molecule has 2 rings (SSSR count). The van der Waals surface area contributed by atoms with Crippen LogP contribution in [0.4, 0.5) is 114 Å². The van der Waals surface area contributed by atoms with Crippen molar-refractivity contribution in [3.63, 3.8) is 0 Å². The summed E-state index contributed by atoms with van der Waals surface area (Å²) < 4.78 is 332. The summed E-state index contributed by atoms with van der Waals surface area (Å²) in [6.07, 6.45) is -14.7. The van der Waals surface area contributed by atoms with Gasteiger partial charge in [-0.2, -0.15) is 105 Å². The fourth-order valence-electron chi connectivity index (χ4n) is 2.71. The molecule has 0 radical (unpaired) electrons. The highest BCUT2D eigenvalue weighted by Crippen LogP contribution is 2.69. The van der Waals surface area contributed by atoms with Gasteiger partial charge in [-0.1, -0.05) is 0 Å². The summed E-state index contributed by atoms with van der Waals surface area (Å²) in [6.45, 7) is -0.561. The van der Waals surface area contributed by atoms with Crippen molar-refractivity contribution in [2.24, 2.45) is 0 Å². The Bertz CT molecular complexity index is 1010. The van der Waals surface area contributed by atoms with Gasteiger partial charge in [-0.25, -0.2) is 8.78 Å². The molecule has 2 aliphatic heterocycles. The highest BCUT2D eigenvalue weighted by atomic mass is 19.4. The van der Waals surface area contributed by atoms with E-state index >= 15 is 0 Å². The molecule has 0 N–H and O–H groups in total. The third-order valence-electron chi connectivity index (χ3n) is 5.62. The smallest absolute Gasteiger partial charge is 0.294 e. The van der Waals surface area contributed by atoms with Crippen LogP contribution in [0.1, 0.15) is 13.8 Å². The first-order chi connectivity index (χ1) is 18.4. The molecule has 2 saturated heterocycles. The van der Waals surface area contributed by atoms with E-state index in [-0.39, 0.29) is 13.8 Å². The Morgan fingerprint density at radius 1 is 0.318 bits per heavy atom. The minimum Gasteiger partial charge on any atom is -0.294 e. The molecule has 0 aromatic rings. The van der Waals surface area contributed by atoms with Gasteiger partial charge in [-0.15, -0.1) is 0 Å². The number of rotatable bonds is 8. The van der Waals surface area contributed by atoms with Gasteiger partial charge in [0.2, 0.25) is 0 Å². The molecule has 0 aromatic heterocycles. The predicted molar refractivity (Wildman–Crippen MR) is 80.6 cm³/mol. The number of hydrogen-bond donors (Lipinski definition) is 0. The Balaban J connectivity index is 0.000000440. The van der Waals surface area contributed by atoms with Gasteiger partial charge in [0.25, 0.3) is 11.7 Å². The first-order valence-corrected chi connectivity index (χ1v) is 9.73. The molecule has 2 heterocycles. The molecule has 2 aliphatic rings. The zero-order valence-corrected chi connectivity index (χ0v) is 19.6. The monoisotopic (exact) mass is 724 g/mol. The highest BCUT2D eigenvalue weighted by molar-refractivity contribution is 5.19. The van der Waals surface area contributed by atoms with E-state index in [0.29, 0.717) is 0 Å². The third kappa shape index (κ3) is 4.71. The molecule has 0 amide bonds. The van der Waals surface area contributed by atoms with Crippen molar-refractivity contribution in [1.82, 2.24) is 0 Å². The van der Waals surface area contributed by atoms with Crippen molar-refractivity contribution in [1.29, 1.82) is 0 Å². The van der Waals surface area contributed by atoms with Gasteiger partial charge < -0.3 is 0 Å². The van der Waals surface area contributed by atoms with E-state index in [4.69, 9.17) is 0 Å². The SMILES string of the molecule is CC1(F)OC1(F)C(F)(F)C(F)(F)C(F)(F)C(F)(F)C(F)(F)F.CC1(F)OC1(F)C(F)(F)C(F)(F)C(F)(F)C(F)(F)C(F)(F)F. The zero-order valence-electron chi connectivity index (χ0n) is 19.6. The topological polar surface area (TPSA) is 25.1 Å². The summed E-state index contributed by atoms with van der Waals surface area (Å²) in [4.78, 5) is 0. The van der Waals surface area contributed by atoms with E-state index in [1.165, 1.54) is 0 Å². The van der Waals surface area contributed by atoms with Crippen molar-refractivity contribution in [2.45, 2.75) is 97.0 Å². The van der Waals surface area contributed by atoms with Crippen LogP contribution in [0.2, 0.25) is 0 Å². The molecule has 2 nitrogen and oxygen atoms in total. The van der Waals surface area contributed by atoms with Crippen molar-refractivity contribution in [3.8, 4) is 0 Å². The Morgan fingerprint density at radius 3 is 0.591 bits per heavy atom. The maximum absolute atomic E-state index is 13.1. The molecule has 264 valence electrons. The number of alkyl halides is 26. The second-order valence-corrected chi connectivity index (χ2v) is 8.82. The molecule has 28 heteroatoms. The average Bonchev–Trinajstić information content (AvgIpc) is 3.51. The molecule has 2 fully saturated rings. The Morgan fingerprint density at radius 2 is 0.477 bits per heavy atom. The van der Waals surface area contributed by atoms with Gasteiger partial charge >= 0.3 is 71.4 Å². The summed E-state index contributed by atoms with van der Waals surface area (Å²) in [5.41, 5.74) is 0. The molecule has 0 aromatic carbocycles. The van der Waals surface area contributed by atoms with Crippen LogP contribution in [0.3, 0.4) is 0 Å². The summed E-state index contributed by atoms with van der Waals surface area (Å²) in [6, 6.07) is 0. The van der Waals surface area contributed by atoms with Crippen molar-refractivity contribution in [3.05, 3.63) is 0 Å². The van der Waals surface area contributed by atoms with Crippen LogP contribution in [0.15, 0.2) is 0 Å². The molecule has 44 heavy (non-hydrogen) atoms. The lowest BCUT2D eigenvalue weighted by Gasteiger charge is -2.37. The number of epoxide rings is 2. The van der Waals surface area contributed by atoms with E-state index < -0.39 is 83.2 Å². The van der Waals surface area contributed by atoms with Gasteiger partial charge in [0.15, 0.2) is 0 Å². The first-order valence-electron chi connectivity index (χ1n) is 9.73.